The Bertz CT molecular complexity index is 823. The molecule has 0 bridgehead atoms. The van der Waals surface area contributed by atoms with Crippen LogP contribution in [0.25, 0.3) is 0 Å². The van der Waals surface area contributed by atoms with Crippen LogP contribution >= 0.6 is 0 Å². The maximum Gasteiger partial charge on any atom is 0.132 e. The molecule has 0 radical (unpaired) electrons. The Kier molecular flexibility index (Phi) is 26.5. The third-order valence-corrected chi connectivity index (χ3v) is 6.12. The molecule has 0 aliphatic rings. The molecule has 2 rings (SSSR count). The monoisotopic (exact) mass is 542 g/mol. The van der Waals surface area contributed by atoms with Gasteiger partial charge in [0.25, 0.3) is 0 Å². The second-order valence-electron chi connectivity index (χ2n) is 9.31. The van der Waals surface area contributed by atoms with Crippen molar-refractivity contribution in [1.82, 2.24) is 4.98 Å². The van der Waals surface area contributed by atoms with Crippen LogP contribution in [0.4, 0.5) is 0 Å². The quantitative estimate of drug-likeness (QED) is 0.190. The van der Waals surface area contributed by atoms with Crippen LogP contribution in [-0.2, 0) is 16.1 Å². The summed E-state index contributed by atoms with van der Waals surface area (Å²) >= 11 is 0. The third-order valence-electron chi connectivity index (χ3n) is 6.12. The van der Waals surface area contributed by atoms with E-state index in [0.29, 0.717) is 24.2 Å². The number of carbonyl (C=O) groups is 1. The molecule has 2 aromatic rings. The lowest BCUT2D eigenvalue weighted by molar-refractivity contribution is -0.121. The van der Waals surface area contributed by atoms with E-state index in [-0.39, 0.29) is 5.75 Å². The molecule has 0 atom stereocenters. The van der Waals surface area contributed by atoms with E-state index in [1.54, 1.807) is 19.1 Å². The minimum absolute atomic E-state index is 0.280. The zero-order valence-electron chi connectivity index (χ0n) is 26.5. The van der Waals surface area contributed by atoms with Crippen LogP contribution in [0.1, 0.15) is 125 Å². The van der Waals surface area contributed by atoms with Gasteiger partial charge in [-0.2, -0.15) is 0 Å². The predicted octanol–water partition coefficient (Wildman–Crippen LogP) is 9.81. The largest absolute Gasteiger partial charge is 0.508 e. The van der Waals surface area contributed by atoms with Gasteiger partial charge in [0.2, 0.25) is 0 Å². The smallest absolute Gasteiger partial charge is 0.132 e. The number of oxime groups is 1. The molecule has 0 spiro atoms. The van der Waals surface area contributed by atoms with E-state index in [4.69, 9.17) is 4.84 Å². The lowest BCUT2D eigenvalue weighted by atomic mass is 9.89. The first-order valence-electron chi connectivity index (χ1n) is 15.3. The van der Waals surface area contributed by atoms with E-state index in [1.807, 2.05) is 57.4 Å². The van der Waals surface area contributed by atoms with Gasteiger partial charge in [-0.1, -0.05) is 79.3 Å². The number of hydrogen-bond donors (Lipinski definition) is 1. The van der Waals surface area contributed by atoms with Crippen molar-refractivity contribution in [3.63, 3.8) is 0 Å². The second kappa shape index (κ2) is 26.9. The van der Waals surface area contributed by atoms with E-state index in [1.165, 1.54) is 5.56 Å². The number of aromatic nitrogens is 1. The average Bonchev–Trinajstić information content (AvgIpc) is 2.96. The average molecular weight is 543 g/mol. The first-order chi connectivity index (χ1) is 18.9. The molecule has 222 valence electrons. The normalized spacial score (nSPS) is 10.5. The molecule has 0 aliphatic carbocycles. The van der Waals surface area contributed by atoms with Crippen molar-refractivity contribution in [2.75, 3.05) is 6.61 Å². The van der Waals surface area contributed by atoms with Crippen molar-refractivity contribution in [1.29, 1.82) is 0 Å². The summed E-state index contributed by atoms with van der Waals surface area (Å²) in [6.45, 7) is 19.0. The van der Waals surface area contributed by atoms with Crippen molar-refractivity contribution in [2.45, 2.75) is 120 Å². The molecule has 0 amide bonds. The molecule has 0 unspecified atom stereocenters. The molecular weight excluding hydrogens is 484 g/mol. The number of benzene rings is 1. The highest BCUT2D eigenvalue weighted by Crippen LogP contribution is 2.22. The van der Waals surface area contributed by atoms with Crippen LogP contribution in [0.15, 0.2) is 53.9 Å². The Morgan fingerprint density at radius 3 is 1.62 bits per heavy atom. The summed E-state index contributed by atoms with van der Waals surface area (Å²) in [4.78, 5) is 20.1. The number of Topliss-reactive ketones (excluding diaryl/α,β-unsaturated/α-hetero) is 1. The van der Waals surface area contributed by atoms with Crippen LogP contribution in [0, 0.1) is 11.8 Å². The molecule has 5 heteroatoms. The SMILES string of the molecule is CC.CCCC(CCC)C(=NOCC)c1ccc(O)cc1.CCCC(CCC)C(C)=O.CCc1ccncc1. The van der Waals surface area contributed by atoms with E-state index < -0.39 is 0 Å². The van der Waals surface area contributed by atoms with Gasteiger partial charge >= 0.3 is 0 Å². The van der Waals surface area contributed by atoms with Crippen LogP contribution in [0.3, 0.4) is 0 Å². The molecule has 5 nitrogen and oxygen atoms in total. The van der Waals surface area contributed by atoms with Gasteiger partial charge < -0.3 is 9.94 Å². The van der Waals surface area contributed by atoms with Crippen LogP contribution in [-0.4, -0.2) is 28.2 Å². The van der Waals surface area contributed by atoms with Crippen molar-refractivity contribution in [3.8, 4) is 5.75 Å². The number of nitrogens with zero attached hydrogens (tertiary/aromatic N) is 2. The van der Waals surface area contributed by atoms with E-state index in [0.717, 1.165) is 69.1 Å². The topological polar surface area (TPSA) is 71.8 Å². The summed E-state index contributed by atoms with van der Waals surface area (Å²) in [5, 5.41) is 13.7. The van der Waals surface area contributed by atoms with Crippen molar-refractivity contribution < 1.29 is 14.7 Å². The molecule has 1 N–H and O–H groups in total. The summed E-state index contributed by atoms with van der Waals surface area (Å²) in [5.74, 6) is 1.41. The highest BCUT2D eigenvalue weighted by molar-refractivity contribution is 6.02. The molecule has 1 aromatic carbocycles. The molecule has 0 saturated heterocycles. The number of phenolic OH excluding ortho intramolecular Hbond substituents is 1. The van der Waals surface area contributed by atoms with E-state index >= 15 is 0 Å². The Morgan fingerprint density at radius 1 is 0.795 bits per heavy atom. The Labute approximate surface area is 240 Å². The van der Waals surface area contributed by atoms with Crippen LogP contribution < -0.4 is 0 Å². The summed E-state index contributed by atoms with van der Waals surface area (Å²) in [7, 11) is 0. The number of aryl methyl sites for hydroxylation is 1. The number of phenols is 1. The highest BCUT2D eigenvalue weighted by atomic mass is 16.6. The first kappa shape index (κ1) is 38.5. The molecule has 1 heterocycles. The molecule has 0 fully saturated rings. The van der Waals surface area contributed by atoms with Crippen molar-refractivity contribution in [3.05, 3.63) is 59.9 Å². The number of aromatic hydroxyl groups is 1. The molecular formula is C34H58N2O3. The first-order valence-corrected chi connectivity index (χ1v) is 15.3. The van der Waals surface area contributed by atoms with Gasteiger partial charge in [0.05, 0.1) is 5.71 Å². The lowest BCUT2D eigenvalue weighted by Gasteiger charge is -2.18. The summed E-state index contributed by atoms with van der Waals surface area (Å²) in [5.41, 5.74) is 3.39. The zero-order chi connectivity index (χ0) is 29.9. The maximum atomic E-state index is 10.9. The van der Waals surface area contributed by atoms with Crippen molar-refractivity contribution >= 4 is 11.5 Å². The van der Waals surface area contributed by atoms with Gasteiger partial charge in [0.15, 0.2) is 0 Å². The van der Waals surface area contributed by atoms with Crippen LogP contribution in [0.5, 0.6) is 5.75 Å². The van der Waals surface area contributed by atoms with Gasteiger partial charge in [-0.3, -0.25) is 9.78 Å². The van der Waals surface area contributed by atoms with Gasteiger partial charge in [0, 0.05) is 24.2 Å². The Morgan fingerprint density at radius 2 is 1.26 bits per heavy atom. The number of pyridine rings is 1. The molecule has 39 heavy (non-hydrogen) atoms. The third kappa shape index (κ3) is 19.1. The fourth-order valence-electron chi connectivity index (χ4n) is 4.11. The number of rotatable bonds is 14. The molecule has 1 aromatic heterocycles. The fourth-order valence-corrected chi connectivity index (χ4v) is 4.11. The summed E-state index contributed by atoms with van der Waals surface area (Å²) in [6, 6.07) is 11.3. The summed E-state index contributed by atoms with van der Waals surface area (Å²) < 4.78 is 0. The van der Waals surface area contributed by atoms with E-state index in [9.17, 15) is 9.90 Å². The zero-order valence-corrected chi connectivity index (χ0v) is 26.5. The van der Waals surface area contributed by atoms with Gasteiger partial charge in [-0.15, -0.1) is 0 Å². The predicted molar refractivity (Wildman–Crippen MR) is 169 cm³/mol. The second-order valence-corrected chi connectivity index (χ2v) is 9.31. The Hall–Kier alpha value is -2.69. The summed E-state index contributed by atoms with van der Waals surface area (Å²) in [6.07, 6.45) is 13.6. The lowest BCUT2D eigenvalue weighted by Crippen LogP contribution is -2.16. The maximum absolute atomic E-state index is 10.9. The molecule has 0 saturated carbocycles. The van der Waals surface area contributed by atoms with Gasteiger partial charge in [0.1, 0.15) is 18.1 Å². The fraction of sp³-hybridized carbons (Fsp3) is 0.618. The standard InChI is InChI=1S/C16H25NO2.C9H18O.C7H9N.C2H6/c1-4-7-13(8-5-2)16(17-19-6-3)14-9-11-15(18)12-10-14;1-4-6-9(7-5-2)8(3)10;1-2-7-3-5-8-6-4-7;1-2/h9-13,18H,4-8H2,1-3H3;9H,4-7H2,1-3H3;3-6H,2H2,1H3;1-2H3. The van der Waals surface area contributed by atoms with Gasteiger partial charge in [-0.05, 0) is 93.5 Å². The number of hydrogen-bond acceptors (Lipinski definition) is 5. The number of carbonyl (C=O) groups excluding carboxylic acids is 1. The van der Waals surface area contributed by atoms with Gasteiger partial charge in [-0.25, -0.2) is 0 Å². The highest BCUT2D eigenvalue weighted by Gasteiger charge is 2.17. The number of ketones is 1. The minimum Gasteiger partial charge on any atom is -0.508 e. The van der Waals surface area contributed by atoms with Crippen molar-refractivity contribution in [2.24, 2.45) is 17.0 Å². The minimum atomic E-state index is 0.280. The van der Waals surface area contributed by atoms with Crippen LogP contribution in [0.2, 0.25) is 0 Å². The molecule has 0 aliphatic heterocycles. The van der Waals surface area contributed by atoms with E-state index in [2.05, 4.69) is 44.8 Å². The Balaban J connectivity index is 0.